The van der Waals surface area contributed by atoms with Crippen molar-refractivity contribution < 1.29 is 9.53 Å². The fourth-order valence-electron chi connectivity index (χ4n) is 5.07. The van der Waals surface area contributed by atoms with E-state index in [2.05, 4.69) is 20.2 Å². The van der Waals surface area contributed by atoms with E-state index in [0.717, 1.165) is 24.5 Å². The number of aryl methyl sites for hydroxylation is 1. The van der Waals surface area contributed by atoms with Crippen molar-refractivity contribution in [3.63, 3.8) is 0 Å². The van der Waals surface area contributed by atoms with E-state index in [9.17, 15) is 9.59 Å². The average molecular weight is 578 g/mol. The molecule has 0 spiro atoms. The van der Waals surface area contributed by atoms with E-state index in [1.54, 1.807) is 37.0 Å². The van der Waals surface area contributed by atoms with Gasteiger partial charge in [-0.2, -0.15) is 0 Å². The summed E-state index contributed by atoms with van der Waals surface area (Å²) in [6.07, 6.45) is 3.08. The van der Waals surface area contributed by atoms with Crippen LogP contribution in [0.3, 0.4) is 0 Å². The van der Waals surface area contributed by atoms with Crippen LogP contribution in [0.2, 0.25) is 0 Å². The van der Waals surface area contributed by atoms with Crippen LogP contribution in [0.4, 0.5) is 17.3 Å². The van der Waals surface area contributed by atoms with Crippen LogP contribution >= 0.6 is 0 Å². The number of pyridine rings is 2. The van der Waals surface area contributed by atoms with Crippen molar-refractivity contribution in [1.82, 2.24) is 29.3 Å². The number of ether oxygens (including phenoxy) is 1. The van der Waals surface area contributed by atoms with E-state index in [1.165, 1.54) is 10.9 Å². The average Bonchev–Trinajstić information content (AvgIpc) is 3.25. The van der Waals surface area contributed by atoms with Crippen molar-refractivity contribution >= 4 is 23.2 Å². The number of aromatic nitrogens is 6. The fourth-order valence-corrected chi connectivity index (χ4v) is 5.07. The summed E-state index contributed by atoms with van der Waals surface area (Å²) in [5.74, 6) is 0.541. The molecule has 1 aliphatic heterocycles. The van der Waals surface area contributed by atoms with E-state index in [1.807, 2.05) is 49.4 Å². The minimum Gasteiger partial charge on any atom is -0.382 e. The zero-order chi connectivity index (χ0) is 30.1. The fraction of sp³-hybridized carbons (Fsp3) is 0.226. The smallest absolute Gasteiger partial charge is 0.284 e. The molecule has 218 valence electrons. The molecular formula is C31H31N9O3. The van der Waals surface area contributed by atoms with E-state index in [4.69, 9.17) is 20.4 Å². The number of nitrogens with zero attached hydrogens (tertiary/aromatic N) is 7. The number of rotatable bonds is 6. The summed E-state index contributed by atoms with van der Waals surface area (Å²) in [5.41, 5.74) is 10.6. The maximum absolute atomic E-state index is 13.3. The molecular weight excluding hydrogens is 546 g/mol. The van der Waals surface area contributed by atoms with Gasteiger partial charge in [-0.1, -0.05) is 18.2 Å². The van der Waals surface area contributed by atoms with Gasteiger partial charge in [-0.25, -0.2) is 19.6 Å². The van der Waals surface area contributed by atoms with Gasteiger partial charge >= 0.3 is 0 Å². The predicted molar refractivity (Wildman–Crippen MR) is 164 cm³/mol. The molecule has 6 rings (SSSR count). The predicted octanol–water partition coefficient (Wildman–Crippen LogP) is 3.38. The van der Waals surface area contributed by atoms with Crippen molar-refractivity contribution in [2.24, 2.45) is 7.05 Å². The topological polar surface area (TPSA) is 146 Å². The molecule has 1 aromatic carbocycles. The first kappa shape index (κ1) is 27.8. The number of hydrogen-bond donors (Lipinski definition) is 2. The van der Waals surface area contributed by atoms with E-state index >= 15 is 0 Å². The van der Waals surface area contributed by atoms with E-state index in [0.29, 0.717) is 53.1 Å². The lowest BCUT2D eigenvalue weighted by atomic mass is 10.2. The Bertz CT molecular complexity index is 1870. The largest absolute Gasteiger partial charge is 0.382 e. The summed E-state index contributed by atoms with van der Waals surface area (Å²) in [6, 6.07) is 16.7. The maximum Gasteiger partial charge on any atom is 0.284 e. The van der Waals surface area contributed by atoms with Gasteiger partial charge < -0.3 is 20.7 Å². The highest BCUT2D eigenvalue weighted by molar-refractivity contribution is 6.04. The van der Waals surface area contributed by atoms with Crippen LogP contribution in [0, 0.1) is 13.8 Å². The third-order valence-electron chi connectivity index (χ3n) is 7.42. The van der Waals surface area contributed by atoms with Gasteiger partial charge in [-0.3, -0.25) is 19.3 Å². The van der Waals surface area contributed by atoms with E-state index in [-0.39, 0.29) is 11.4 Å². The summed E-state index contributed by atoms with van der Waals surface area (Å²) in [5, 5.41) is 2.79. The highest BCUT2D eigenvalue weighted by atomic mass is 16.5. The molecule has 0 saturated carbocycles. The summed E-state index contributed by atoms with van der Waals surface area (Å²) in [7, 11) is 1.75. The summed E-state index contributed by atoms with van der Waals surface area (Å²) >= 11 is 0. The van der Waals surface area contributed by atoms with Gasteiger partial charge in [0.25, 0.3) is 11.5 Å². The van der Waals surface area contributed by atoms with Crippen LogP contribution in [0.25, 0.3) is 28.5 Å². The molecule has 3 N–H and O–H groups in total. The van der Waals surface area contributed by atoms with Crippen molar-refractivity contribution in [2.75, 3.05) is 42.3 Å². The molecule has 5 aromatic rings. The Morgan fingerprint density at radius 2 is 1.72 bits per heavy atom. The molecule has 12 nitrogen and oxygen atoms in total. The number of anilines is 3. The SMILES string of the molecule is Cc1cccc(-n2c(=O)c(C(=O)Nc3ccc(-c4nc(-c5cccc(N6CCOCC6)n5)cnc4N)nc3)c(C)n2C)c1. The molecule has 0 aliphatic carbocycles. The third kappa shape index (κ3) is 5.47. The van der Waals surface area contributed by atoms with Gasteiger partial charge in [-0.05, 0) is 55.8 Å². The molecule has 0 unspecified atom stereocenters. The second-order valence-electron chi connectivity index (χ2n) is 10.3. The molecule has 0 atom stereocenters. The Morgan fingerprint density at radius 3 is 2.47 bits per heavy atom. The first-order valence-electron chi connectivity index (χ1n) is 13.9. The number of benzene rings is 1. The molecule has 1 aliphatic rings. The van der Waals surface area contributed by atoms with Gasteiger partial charge in [0.2, 0.25) is 0 Å². The lowest BCUT2D eigenvalue weighted by Crippen LogP contribution is -2.36. The number of carbonyl (C=O) groups is 1. The number of nitrogen functional groups attached to an aromatic ring is 1. The number of hydrogen-bond acceptors (Lipinski definition) is 9. The van der Waals surface area contributed by atoms with Crippen molar-refractivity contribution in [1.29, 1.82) is 0 Å². The third-order valence-corrected chi connectivity index (χ3v) is 7.42. The summed E-state index contributed by atoms with van der Waals surface area (Å²) in [6.45, 7) is 6.56. The first-order valence-corrected chi connectivity index (χ1v) is 13.9. The van der Waals surface area contributed by atoms with Crippen molar-refractivity contribution in [2.45, 2.75) is 13.8 Å². The Hall–Kier alpha value is -5.36. The Morgan fingerprint density at radius 1 is 0.930 bits per heavy atom. The zero-order valence-electron chi connectivity index (χ0n) is 24.1. The van der Waals surface area contributed by atoms with E-state index < -0.39 is 11.5 Å². The number of carbonyl (C=O) groups excluding carboxylic acids is 1. The lowest BCUT2D eigenvalue weighted by Gasteiger charge is -2.28. The van der Waals surface area contributed by atoms with Gasteiger partial charge in [-0.15, -0.1) is 0 Å². The molecule has 0 bridgehead atoms. The minimum atomic E-state index is -0.522. The Labute approximate surface area is 247 Å². The lowest BCUT2D eigenvalue weighted by molar-refractivity contribution is 0.102. The molecule has 4 aromatic heterocycles. The summed E-state index contributed by atoms with van der Waals surface area (Å²) in [4.78, 5) is 47.0. The van der Waals surface area contributed by atoms with Crippen LogP contribution in [0.5, 0.6) is 0 Å². The number of amides is 1. The van der Waals surface area contributed by atoms with Crippen LogP contribution < -0.4 is 21.5 Å². The first-order chi connectivity index (χ1) is 20.8. The van der Waals surface area contributed by atoms with Gasteiger partial charge in [0.05, 0.1) is 54.1 Å². The standard InChI is InChI=1S/C31H31N9O3/c1-19-6-4-7-22(16-19)40-31(42)27(20(2)38(40)3)30(41)35-21-10-11-24(33-17-21)28-29(32)34-18-25(37-28)23-8-5-9-26(36-23)39-12-14-43-15-13-39/h4-11,16-18H,12-15H2,1-3H3,(H2,32,34)(H,35,41). The van der Waals surface area contributed by atoms with Crippen LogP contribution in [0.15, 0.2) is 71.8 Å². The second kappa shape index (κ2) is 11.5. The molecule has 5 heterocycles. The van der Waals surface area contributed by atoms with Crippen LogP contribution in [-0.2, 0) is 11.8 Å². The molecule has 1 amide bonds. The van der Waals surface area contributed by atoms with Crippen molar-refractivity contribution in [3.8, 4) is 28.5 Å². The Kier molecular flexibility index (Phi) is 7.43. The van der Waals surface area contributed by atoms with Gasteiger partial charge in [0.1, 0.15) is 22.8 Å². The maximum atomic E-state index is 13.3. The van der Waals surface area contributed by atoms with Crippen molar-refractivity contribution in [3.05, 3.63) is 94.2 Å². The highest BCUT2D eigenvalue weighted by Crippen LogP contribution is 2.26. The zero-order valence-corrected chi connectivity index (χ0v) is 24.1. The van der Waals surface area contributed by atoms with Crippen LogP contribution in [0.1, 0.15) is 21.6 Å². The molecule has 1 fully saturated rings. The number of nitrogens with one attached hydrogen (secondary N) is 1. The molecule has 43 heavy (non-hydrogen) atoms. The quantitative estimate of drug-likeness (QED) is 0.310. The van der Waals surface area contributed by atoms with Gasteiger partial charge in [0, 0.05) is 20.1 Å². The number of morpholine rings is 1. The second-order valence-corrected chi connectivity index (χ2v) is 10.3. The van der Waals surface area contributed by atoms with Crippen LogP contribution in [-0.4, -0.2) is 61.5 Å². The monoisotopic (exact) mass is 577 g/mol. The highest BCUT2D eigenvalue weighted by Gasteiger charge is 2.23. The molecule has 0 radical (unpaired) electrons. The molecule has 12 heteroatoms. The number of nitrogens with two attached hydrogens (primary N) is 1. The Balaban J connectivity index is 1.23. The minimum absolute atomic E-state index is 0.0581. The summed E-state index contributed by atoms with van der Waals surface area (Å²) < 4.78 is 8.61. The normalized spacial score (nSPS) is 13.2. The molecule has 1 saturated heterocycles. The van der Waals surface area contributed by atoms with Gasteiger partial charge in [0.15, 0.2) is 5.82 Å².